The maximum Gasteiger partial charge on any atom is 0.236 e. The molecule has 33 heavy (non-hydrogen) atoms. The molecule has 1 aromatic carbocycles. The first-order valence-corrected chi connectivity index (χ1v) is 11.5. The second kappa shape index (κ2) is 10.5. The van der Waals surface area contributed by atoms with E-state index in [4.69, 9.17) is 16.4 Å². The third kappa shape index (κ3) is 5.31. The molecule has 1 aromatic rings. The average Bonchev–Trinajstić information content (AvgIpc) is 2.96. The van der Waals surface area contributed by atoms with E-state index in [0.717, 1.165) is 54.0 Å². The number of allylic oxidation sites excluding steroid dienone is 3. The second-order valence-corrected chi connectivity index (χ2v) is 9.71. The lowest BCUT2D eigenvalue weighted by molar-refractivity contribution is -0.121. The molecule has 1 saturated heterocycles. The zero-order chi connectivity index (χ0) is 25.0. The molecule has 5 nitrogen and oxygen atoms in total. The minimum absolute atomic E-state index is 0.125. The standard InChI is InChI=1S/C24H32ClN3O.C3H4O/c1-8-19(16(2)17(3)25)24(11-13-27(6)14-12-24)26-18-9-10-20-21(15-18)28(7)22(29)23(20,4)5;1-2-3-4/h8-10,15,26H,1,3,11-14H2,2,4-7H3;2-3H,1H2/b19-16+;. The minimum Gasteiger partial charge on any atom is -0.375 e. The summed E-state index contributed by atoms with van der Waals surface area (Å²) in [5.41, 5.74) is 4.32. The van der Waals surface area contributed by atoms with Gasteiger partial charge in [-0.2, -0.15) is 0 Å². The molecule has 0 unspecified atom stereocenters. The van der Waals surface area contributed by atoms with Crippen LogP contribution in [0.4, 0.5) is 11.4 Å². The van der Waals surface area contributed by atoms with Crippen molar-refractivity contribution in [2.75, 3.05) is 37.4 Å². The Kier molecular flexibility index (Phi) is 8.50. The van der Waals surface area contributed by atoms with Gasteiger partial charge in [0.15, 0.2) is 0 Å². The predicted molar refractivity (Wildman–Crippen MR) is 140 cm³/mol. The first-order chi connectivity index (χ1) is 15.4. The number of rotatable bonds is 6. The van der Waals surface area contributed by atoms with Crippen LogP contribution in [0.2, 0.25) is 0 Å². The van der Waals surface area contributed by atoms with Crippen LogP contribution < -0.4 is 10.2 Å². The number of fused-ring (bicyclic) bond motifs is 1. The van der Waals surface area contributed by atoms with E-state index in [1.807, 2.05) is 33.9 Å². The number of carbonyl (C=O) groups is 2. The summed E-state index contributed by atoms with van der Waals surface area (Å²) in [5.74, 6) is 0.125. The molecular formula is C27H36ClN3O2. The molecule has 1 N–H and O–H groups in total. The summed E-state index contributed by atoms with van der Waals surface area (Å²) >= 11 is 6.28. The highest BCUT2D eigenvalue weighted by atomic mass is 35.5. The number of hydrogen-bond donors (Lipinski definition) is 1. The molecule has 1 fully saturated rings. The molecule has 0 saturated carbocycles. The molecule has 3 rings (SSSR count). The maximum absolute atomic E-state index is 12.7. The van der Waals surface area contributed by atoms with Crippen molar-refractivity contribution in [3.8, 4) is 0 Å². The first kappa shape index (κ1) is 26.6. The van der Waals surface area contributed by atoms with Crippen LogP contribution in [-0.4, -0.2) is 49.8 Å². The van der Waals surface area contributed by atoms with Gasteiger partial charge in [-0.1, -0.05) is 43.5 Å². The highest BCUT2D eigenvalue weighted by molar-refractivity contribution is 6.31. The number of likely N-dealkylation sites (tertiary alicyclic amines) is 1. The van der Waals surface area contributed by atoms with E-state index in [-0.39, 0.29) is 11.4 Å². The van der Waals surface area contributed by atoms with Crippen molar-refractivity contribution >= 4 is 35.2 Å². The molecule has 0 bridgehead atoms. The number of benzene rings is 1. The fourth-order valence-electron chi connectivity index (χ4n) is 4.65. The monoisotopic (exact) mass is 469 g/mol. The number of nitrogens with one attached hydrogen (secondary N) is 1. The Hall–Kier alpha value is -2.63. The van der Waals surface area contributed by atoms with Crippen molar-refractivity contribution in [3.05, 3.63) is 71.8 Å². The van der Waals surface area contributed by atoms with E-state index >= 15 is 0 Å². The topological polar surface area (TPSA) is 52.7 Å². The van der Waals surface area contributed by atoms with Gasteiger partial charge in [0.05, 0.1) is 11.0 Å². The second-order valence-electron chi connectivity index (χ2n) is 9.25. The van der Waals surface area contributed by atoms with E-state index in [1.54, 1.807) is 4.90 Å². The zero-order valence-corrected chi connectivity index (χ0v) is 21.3. The molecular weight excluding hydrogens is 434 g/mol. The number of halogens is 1. The number of carbonyl (C=O) groups excluding carboxylic acids is 2. The van der Waals surface area contributed by atoms with Crippen molar-refractivity contribution < 1.29 is 9.59 Å². The van der Waals surface area contributed by atoms with Crippen molar-refractivity contribution in [1.29, 1.82) is 0 Å². The third-order valence-corrected chi connectivity index (χ3v) is 7.01. The van der Waals surface area contributed by atoms with Gasteiger partial charge in [-0.3, -0.25) is 9.59 Å². The van der Waals surface area contributed by atoms with Crippen molar-refractivity contribution in [3.63, 3.8) is 0 Å². The van der Waals surface area contributed by atoms with Crippen LogP contribution in [0.3, 0.4) is 0 Å². The Morgan fingerprint density at radius 2 is 1.76 bits per heavy atom. The number of nitrogens with zero attached hydrogens (tertiary/aromatic N) is 2. The van der Waals surface area contributed by atoms with E-state index in [2.05, 4.69) is 55.2 Å². The molecule has 0 aromatic heterocycles. The van der Waals surface area contributed by atoms with Crippen LogP contribution in [-0.2, 0) is 15.0 Å². The fraction of sp³-hybridized carbons (Fsp3) is 0.407. The Morgan fingerprint density at radius 3 is 2.24 bits per heavy atom. The molecule has 0 radical (unpaired) electrons. The molecule has 0 aliphatic carbocycles. The summed E-state index contributed by atoms with van der Waals surface area (Å²) in [4.78, 5) is 25.8. The zero-order valence-electron chi connectivity index (χ0n) is 20.5. The lowest BCUT2D eigenvalue weighted by Crippen LogP contribution is -2.49. The largest absolute Gasteiger partial charge is 0.375 e. The third-order valence-electron chi connectivity index (χ3n) is 6.72. The van der Waals surface area contributed by atoms with Gasteiger partial charge in [-0.15, -0.1) is 0 Å². The predicted octanol–water partition coefficient (Wildman–Crippen LogP) is 5.44. The Balaban J connectivity index is 0.000000890. The van der Waals surface area contributed by atoms with Gasteiger partial charge in [-0.05, 0) is 75.6 Å². The average molecular weight is 470 g/mol. The van der Waals surface area contributed by atoms with Gasteiger partial charge in [0.1, 0.15) is 6.29 Å². The fourth-order valence-corrected chi connectivity index (χ4v) is 4.75. The molecule has 2 heterocycles. The van der Waals surface area contributed by atoms with E-state index < -0.39 is 5.41 Å². The number of aldehydes is 1. The van der Waals surface area contributed by atoms with Crippen molar-refractivity contribution in [2.24, 2.45) is 0 Å². The quantitative estimate of drug-likeness (QED) is 0.342. The van der Waals surface area contributed by atoms with Gasteiger partial charge in [0.2, 0.25) is 5.91 Å². The summed E-state index contributed by atoms with van der Waals surface area (Å²) in [5, 5.41) is 4.34. The Labute approximate surface area is 203 Å². The summed E-state index contributed by atoms with van der Waals surface area (Å²) in [6.45, 7) is 19.0. The molecule has 0 atom stereocenters. The number of anilines is 2. The molecule has 178 valence electrons. The molecule has 1 amide bonds. The van der Waals surface area contributed by atoms with E-state index in [0.29, 0.717) is 11.3 Å². The van der Waals surface area contributed by atoms with E-state index in [9.17, 15) is 4.79 Å². The van der Waals surface area contributed by atoms with E-state index in [1.165, 1.54) is 6.08 Å². The molecule has 6 heteroatoms. The van der Waals surface area contributed by atoms with Crippen molar-refractivity contribution in [1.82, 2.24) is 4.90 Å². The summed E-state index contributed by atoms with van der Waals surface area (Å²) in [6.07, 6.45) is 5.61. The SMILES string of the molecule is C=C/C(=C(/C)C(=C)Cl)C1(Nc2ccc3c(c2)N(C)C(=O)C3(C)C)CCN(C)CC1.C=CC=O. The number of likely N-dealkylation sites (N-methyl/N-ethyl adjacent to an activating group) is 1. The van der Waals surface area contributed by atoms with Crippen LogP contribution in [0.25, 0.3) is 0 Å². The van der Waals surface area contributed by atoms with Crippen LogP contribution >= 0.6 is 11.6 Å². The highest BCUT2D eigenvalue weighted by Gasteiger charge is 2.43. The highest BCUT2D eigenvalue weighted by Crippen LogP contribution is 2.43. The summed E-state index contributed by atoms with van der Waals surface area (Å²) in [7, 11) is 3.99. The summed E-state index contributed by atoms with van der Waals surface area (Å²) < 4.78 is 0. The smallest absolute Gasteiger partial charge is 0.236 e. The van der Waals surface area contributed by atoms with Crippen LogP contribution in [0.5, 0.6) is 0 Å². The van der Waals surface area contributed by atoms with Crippen LogP contribution in [0.1, 0.15) is 39.2 Å². The van der Waals surface area contributed by atoms with Gasteiger partial charge in [0.25, 0.3) is 0 Å². The van der Waals surface area contributed by atoms with Crippen LogP contribution in [0, 0.1) is 0 Å². The van der Waals surface area contributed by atoms with Crippen molar-refractivity contribution in [2.45, 2.75) is 44.6 Å². The van der Waals surface area contributed by atoms with Gasteiger partial charge in [0, 0.05) is 36.5 Å². The van der Waals surface area contributed by atoms with Gasteiger partial charge < -0.3 is 15.1 Å². The molecule has 0 spiro atoms. The number of amides is 1. The number of piperidine rings is 1. The Morgan fingerprint density at radius 1 is 1.18 bits per heavy atom. The van der Waals surface area contributed by atoms with Crippen LogP contribution in [0.15, 0.2) is 66.3 Å². The molecule has 2 aliphatic rings. The minimum atomic E-state index is -0.493. The Bertz CT molecular complexity index is 979. The van der Waals surface area contributed by atoms with Gasteiger partial charge >= 0.3 is 0 Å². The lowest BCUT2D eigenvalue weighted by Gasteiger charge is -2.44. The molecule has 2 aliphatic heterocycles. The number of hydrogen-bond acceptors (Lipinski definition) is 4. The lowest BCUT2D eigenvalue weighted by atomic mass is 9.78. The normalized spacial score (nSPS) is 19.5. The maximum atomic E-state index is 12.7. The summed E-state index contributed by atoms with van der Waals surface area (Å²) in [6, 6.07) is 6.25. The van der Waals surface area contributed by atoms with Gasteiger partial charge in [-0.25, -0.2) is 0 Å². The first-order valence-electron chi connectivity index (χ1n) is 11.1.